The van der Waals surface area contributed by atoms with Crippen molar-refractivity contribution in [2.75, 3.05) is 6.61 Å². The second-order valence-corrected chi connectivity index (χ2v) is 1.49. The van der Waals surface area contributed by atoms with E-state index in [0.717, 1.165) is 0 Å². The topological polar surface area (TPSA) is 20.2 Å². The molecular weight excluding hydrogens is 99.5 g/mol. The van der Waals surface area contributed by atoms with Gasteiger partial charge in [0.05, 0.1) is 12.0 Å². The van der Waals surface area contributed by atoms with Crippen LogP contribution in [0.4, 0.5) is 0 Å². The molecule has 0 saturated heterocycles. The summed E-state index contributed by atoms with van der Waals surface area (Å²) in [5.74, 6) is 0. The number of halogens is 1. The lowest BCUT2D eigenvalue weighted by Crippen LogP contribution is -1.97. The van der Waals surface area contributed by atoms with Gasteiger partial charge in [-0.3, -0.25) is 0 Å². The third-order valence-corrected chi connectivity index (χ3v) is 0.746. The van der Waals surface area contributed by atoms with Gasteiger partial charge in [0.25, 0.3) is 0 Å². The van der Waals surface area contributed by atoms with Crippen LogP contribution in [0.15, 0.2) is 12.7 Å². The number of aliphatic hydroxyl groups excluding tert-OH is 1. The van der Waals surface area contributed by atoms with E-state index in [1.807, 2.05) is 0 Å². The molecule has 0 bridgehead atoms. The van der Waals surface area contributed by atoms with Crippen molar-refractivity contribution in [1.29, 1.82) is 0 Å². The largest absolute Gasteiger partial charge is 0.395 e. The highest BCUT2D eigenvalue weighted by molar-refractivity contribution is 6.21. The lowest BCUT2D eigenvalue weighted by Gasteiger charge is -1.90. The second kappa shape index (κ2) is 3.19. The van der Waals surface area contributed by atoms with Gasteiger partial charge in [0, 0.05) is 0 Å². The maximum Gasteiger partial charge on any atom is 0.0744 e. The average molecular weight is 107 g/mol. The Labute approximate surface area is 42.2 Å². The molecule has 0 saturated carbocycles. The van der Waals surface area contributed by atoms with Crippen LogP contribution in [0.2, 0.25) is 0 Å². The predicted molar refractivity (Wildman–Crippen MR) is 26.9 cm³/mol. The molecule has 0 aromatic heterocycles. The number of alkyl halides is 1. The molecule has 1 nitrogen and oxygen atoms in total. The zero-order valence-corrected chi connectivity index (χ0v) is 4.15. The van der Waals surface area contributed by atoms with Crippen LogP contribution in [-0.4, -0.2) is 17.1 Å². The molecule has 0 rings (SSSR count). The Bertz CT molecular complexity index is 44.8. The quantitative estimate of drug-likeness (QED) is 0.407. The van der Waals surface area contributed by atoms with Crippen LogP contribution in [0.1, 0.15) is 0 Å². The molecule has 0 amide bonds. The number of rotatable bonds is 2. The van der Waals surface area contributed by atoms with E-state index in [9.17, 15) is 0 Å². The van der Waals surface area contributed by atoms with Gasteiger partial charge in [-0.2, -0.15) is 0 Å². The van der Waals surface area contributed by atoms with Crippen LogP contribution >= 0.6 is 11.6 Å². The molecule has 1 N–H and O–H groups in total. The zero-order chi connectivity index (χ0) is 4.99. The zero-order valence-electron chi connectivity index (χ0n) is 3.39. The lowest BCUT2D eigenvalue weighted by molar-refractivity contribution is 0.305. The molecule has 6 heavy (non-hydrogen) atoms. The lowest BCUT2D eigenvalue weighted by atomic mass is 10.4. The van der Waals surface area contributed by atoms with E-state index in [1.54, 1.807) is 0 Å². The van der Waals surface area contributed by atoms with Gasteiger partial charge in [0.1, 0.15) is 0 Å². The Morgan fingerprint density at radius 3 is 2.50 bits per heavy atom. The molecule has 0 aliphatic rings. The van der Waals surface area contributed by atoms with Gasteiger partial charge in [0.2, 0.25) is 0 Å². The second-order valence-electron chi connectivity index (χ2n) is 0.934. The Morgan fingerprint density at radius 2 is 2.50 bits per heavy atom. The van der Waals surface area contributed by atoms with Crippen molar-refractivity contribution in [3.63, 3.8) is 0 Å². The Balaban J connectivity index is 2.96. The van der Waals surface area contributed by atoms with Gasteiger partial charge < -0.3 is 5.11 Å². The van der Waals surface area contributed by atoms with E-state index in [1.165, 1.54) is 6.08 Å². The van der Waals surface area contributed by atoms with E-state index in [0.29, 0.717) is 0 Å². The minimum atomic E-state index is -0.273. The highest BCUT2D eigenvalue weighted by Crippen LogP contribution is 1.91. The Morgan fingerprint density at radius 1 is 2.00 bits per heavy atom. The molecule has 0 fully saturated rings. The van der Waals surface area contributed by atoms with Gasteiger partial charge in [-0.1, -0.05) is 6.08 Å². The van der Waals surface area contributed by atoms with Gasteiger partial charge in [-0.05, 0) is 0 Å². The minimum absolute atomic E-state index is 0.0228. The molecule has 36 valence electrons. The number of hydrogen-bond donors (Lipinski definition) is 1. The van der Waals surface area contributed by atoms with Crippen LogP contribution in [0.25, 0.3) is 0 Å². The fraction of sp³-hybridized carbons (Fsp3) is 0.500. The fourth-order valence-corrected chi connectivity index (χ4v) is 0.0745. The molecule has 0 heterocycles. The SMILES string of the molecule is C=CC(Cl)CO. The maximum atomic E-state index is 8.13. The van der Waals surface area contributed by atoms with Crippen LogP contribution in [0.3, 0.4) is 0 Å². The Kier molecular flexibility index (Phi) is 3.19. The molecule has 0 aliphatic carbocycles. The normalized spacial score (nSPS) is 13.7. The monoisotopic (exact) mass is 106 g/mol. The fourth-order valence-electron chi connectivity index (χ4n) is 0.0745. The molecule has 0 radical (unpaired) electrons. The number of aliphatic hydroxyl groups is 1. The van der Waals surface area contributed by atoms with Gasteiger partial charge in [-0.25, -0.2) is 0 Å². The first-order chi connectivity index (χ1) is 2.81. The summed E-state index contributed by atoms with van der Waals surface area (Å²) < 4.78 is 0. The summed E-state index contributed by atoms with van der Waals surface area (Å²) >= 11 is 5.28. The van der Waals surface area contributed by atoms with Crippen LogP contribution in [0.5, 0.6) is 0 Å². The summed E-state index contributed by atoms with van der Waals surface area (Å²) in [6, 6.07) is 0. The summed E-state index contributed by atoms with van der Waals surface area (Å²) in [5.41, 5.74) is 0. The summed E-state index contributed by atoms with van der Waals surface area (Å²) in [4.78, 5) is 0. The first-order valence-electron chi connectivity index (χ1n) is 1.68. The first kappa shape index (κ1) is 5.99. The number of hydrogen-bond acceptors (Lipinski definition) is 1. The summed E-state index contributed by atoms with van der Waals surface area (Å²) in [6.07, 6.45) is 1.49. The molecular formula is C4H7ClO. The average Bonchev–Trinajstić information content (AvgIpc) is 1.65. The Hall–Kier alpha value is -0.0100. The third-order valence-electron chi connectivity index (χ3n) is 0.430. The summed E-state index contributed by atoms with van der Waals surface area (Å²) in [7, 11) is 0. The highest BCUT2D eigenvalue weighted by atomic mass is 35.5. The van der Waals surface area contributed by atoms with Crippen molar-refractivity contribution in [3.8, 4) is 0 Å². The standard InChI is InChI=1S/C4H7ClO/c1-2-4(5)3-6/h2,4,6H,1,3H2. The third kappa shape index (κ3) is 2.24. The van der Waals surface area contributed by atoms with Crippen molar-refractivity contribution in [1.82, 2.24) is 0 Å². The molecule has 0 aliphatic heterocycles. The van der Waals surface area contributed by atoms with Crippen molar-refractivity contribution in [2.24, 2.45) is 0 Å². The van der Waals surface area contributed by atoms with E-state index in [4.69, 9.17) is 16.7 Å². The molecule has 0 aromatic rings. The van der Waals surface area contributed by atoms with E-state index < -0.39 is 0 Å². The summed E-state index contributed by atoms with van der Waals surface area (Å²) in [5, 5.41) is 7.86. The van der Waals surface area contributed by atoms with Crippen LogP contribution < -0.4 is 0 Å². The highest BCUT2D eigenvalue weighted by Gasteiger charge is 1.89. The van der Waals surface area contributed by atoms with E-state index in [-0.39, 0.29) is 12.0 Å². The van der Waals surface area contributed by atoms with Gasteiger partial charge in [-0.15, -0.1) is 18.2 Å². The summed E-state index contributed by atoms with van der Waals surface area (Å²) in [6.45, 7) is 3.32. The maximum absolute atomic E-state index is 8.13. The molecule has 1 unspecified atom stereocenters. The van der Waals surface area contributed by atoms with Crippen molar-refractivity contribution < 1.29 is 5.11 Å². The van der Waals surface area contributed by atoms with Crippen LogP contribution in [0, 0.1) is 0 Å². The van der Waals surface area contributed by atoms with Gasteiger partial charge in [0.15, 0.2) is 0 Å². The molecule has 0 aromatic carbocycles. The van der Waals surface area contributed by atoms with Crippen molar-refractivity contribution in [3.05, 3.63) is 12.7 Å². The van der Waals surface area contributed by atoms with Crippen molar-refractivity contribution >= 4 is 11.6 Å². The smallest absolute Gasteiger partial charge is 0.0744 e. The molecule has 2 heteroatoms. The minimum Gasteiger partial charge on any atom is -0.395 e. The molecule has 0 spiro atoms. The van der Waals surface area contributed by atoms with E-state index >= 15 is 0 Å². The molecule has 1 atom stereocenters. The van der Waals surface area contributed by atoms with Gasteiger partial charge >= 0.3 is 0 Å². The predicted octanol–water partition coefficient (Wildman–Crippen LogP) is 0.772. The van der Waals surface area contributed by atoms with Crippen LogP contribution in [-0.2, 0) is 0 Å². The first-order valence-corrected chi connectivity index (χ1v) is 2.12. The van der Waals surface area contributed by atoms with Crippen molar-refractivity contribution in [2.45, 2.75) is 5.38 Å². The van der Waals surface area contributed by atoms with E-state index in [2.05, 4.69) is 6.58 Å².